The van der Waals surface area contributed by atoms with Crippen molar-refractivity contribution in [1.82, 2.24) is 0 Å². The molecule has 1 rings (SSSR count). The number of ether oxygens (including phenoxy) is 1. The second kappa shape index (κ2) is 14.2. The van der Waals surface area contributed by atoms with Gasteiger partial charge in [0.25, 0.3) is 0 Å². The number of epoxide rings is 1. The van der Waals surface area contributed by atoms with Crippen LogP contribution in [0.5, 0.6) is 0 Å². The van der Waals surface area contributed by atoms with Gasteiger partial charge in [0.1, 0.15) is 0 Å². The van der Waals surface area contributed by atoms with Crippen molar-refractivity contribution >= 4 is 26.7 Å². The zero-order chi connectivity index (χ0) is 20.8. The van der Waals surface area contributed by atoms with Crippen molar-refractivity contribution in [1.29, 1.82) is 0 Å². The summed E-state index contributed by atoms with van der Waals surface area (Å²) < 4.78 is 20.5. The van der Waals surface area contributed by atoms with E-state index in [9.17, 15) is 14.4 Å². The Hall–Kier alpha value is -2.05. The van der Waals surface area contributed by atoms with Crippen LogP contribution in [0.15, 0.2) is 24.9 Å². The molecule has 2 atom stereocenters. The van der Waals surface area contributed by atoms with E-state index in [2.05, 4.69) is 17.9 Å². The van der Waals surface area contributed by atoms with Gasteiger partial charge < -0.3 is 33.3 Å². The zero-order valence-electron chi connectivity index (χ0n) is 15.0. The molecule has 0 amide bonds. The molecule has 10 nitrogen and oxygen atoms in total. The zero-order valence-corrected chi connectivity index (χ0v) is 16.0. The van der Waals surface area contributed by atoms with E-state index < -0.39 is 38.9 Å². The van der Waals surface area contributed by atoms with Crippen LogP contribution in [0.2, 0.25) is 0 Å². The third-order valence-corrected chi connectivity index (χ3v) is 5.01. The lowest BCUT2D eigenvalue weighted by atomic mass is 10.3. The number of hydrogen-bond acceptors (Lipinski definition) is 7. The Morgan fingerprint density at radius 3 is 1.35 bits per heavy atom. The molecule has 0 spiro atoms. The Balaban J connectivity index is 0. The molecule has 3 N–H and O–H groups in total. The van der Waals surface area contributed by atoms with Gasteiger partial charge in [-0.1, -0.05) is 13.2 Å². The third-order valence-electron chi connectivity index (χ3n) is 2.44. The molecule has 0 aliphatic carbocycles. The molecule has 0 aromatic rings. The van der Waals surface area contributed by atoms with Gasteiger partial charge in [-0.2, -0.15) is 0 Å². The summed E-state index contributed by atoms with van der Waals surface area (Å²) in [4.78, 5) is 29.0. The van der Waals surface area contributed by atoms with Crippen molar-refractivity contribution in [3.05, 3.63) is 24.9 Å². The van der Waals surface area contributed by atoms with Gasteiger partial charge in [-0.25, -0.2) is 14.4 Å². The van der Waals surface area contributed by atoms with Gasteiger partial charge in [0.05, 0.1) is 0 Å². The smallest absolute Gasteiger partial charge is 0.479 e. The maximum Gasteiger partial charge on any atom is 0.528 e. The molecule has 0 aromatic heterocycles. The second-order valence-corrected chi connectivity index (χ2v) is 6.78. The molecule has 1 saturated heterocycles. The molecular weight excluding hydrogens is 368 g/mol. The lowest BCUT2D eigenvalue weighted by molar-refractivity contribution is -0.140. The van der Waals surface area contributed by atoms with Crippen LogP contribution in [0, 0.1) is 0 Å². The van der Waals surface area contributed by atoms with Crippen molar-refractivity contribution in [2.24, 2.45) is 0 Å². The van der Waals surface area contributed by atoms with E-state index in [0.717, 1.165) is 6.08 Å². The highest BCUT2D eigenvalue weighted by molar-refractivity contribution is 6.66. The van der Waals surface area contributed by atoms with E-state index in [0.29, 0.717) is 19.8 Å². The van der Waals surface area contributed by atoms with Crippen molar-refractivity contribution in [2.45, 2.75) is 33.0 Å². The maximum absolute atomic E-state index is 9.89. The van der Waals surface area contributed by atoms with Gasteiger partial charge >= 0.3 is 26.7 Å². The number of carboxylic acid groups (broad SMARTS) is 3. The lowest BCUT2D eigenvalue weighted by Gasteiger charge is -2.24. The molecule has 0 bridgehead atoms. The summed E-state index contributed by atoms with van der Waals surface area (Å²) in [7, 11) is -2.51. The van der Waals surface area contributed by atoms with Gasteiger partial charge in [0, 0.05) is 25.9 Å². The van der Waals surface area contributed by atoms with Crippen molar-refractivity contribution in [3.63, 3.8) is 0 Å². The summed E-state index contributed by atoms with van der Waals surface area (Å²) in [5.74, 6) is -3.42. The predicted octanol–water partition coefficient (Wildman–Crippen LogP) is 0.940. The number of aliphatic carboxylic acids is 3. The normalized spacial score (nSPS) is 17.5. The minimum Gasteiger partial charge on any atom is -0.479 e. The Kier molecular flexibility index (Phi) is 14.2. The summed E-state index contributed by atoms with van der Waals surface area (Å²) in [5, 5.41) is 23.8. The van der Waals surface area contributed by atoms with E-state index in [1.165, 1.54) is 0 Å². The number of carboxylic acids is 3. The van der Waals surface area contributed by atoms with E-state index >= 15 is 0 Å². The molecule has 0 radical (unpaired) electrons. The van der Waals surface area contributed by atoms with Gasteiger partial charge in [-0.3, -0.25) is 0 Å². The molecule has 2 unspecified atom stereocenters. The Bertz CT molecular complexity index is 444. The molecule has 0 saturated carbocycles. The predicted molar refractivity (Wildman–Crippen MR) is 92.6 cm³/mol. The molecule has 11 heteroatoms. The first-order chi connectivity index (χ1) is 12.1. The molecule has 1 aliphatic rings. The average Bonchev–Trinajstić information content (AvgIpc) is 3.38. The quantitative estimate of drug-likeness (QED) is 0.277. The summed E-state index contributed by atoms with van der Waals surface area (Å²) in [5.41, 5.74) is 1.67. The minimum absolute atomic E-state index is 0.595. The highest BCUT2D eigenvalue weighted by atomic mass is 28.4. The molecule has 1 heterocycles. The fraction of sp³-hybridized carbons (Fsp3) is 0.533. The SMILES string of the molecule is C=CC(=O)O.C=C[Si](OCC)(OCC)OCC.O=C(O)C1OC1C(=O)O. The summed E-state index contributed by atoms with van der Waals surface area (Å²) in [6.45, 7) is 14.2. The lowest BCUT2D eigenvalue weighted by Crippen LogP contribution is -2.44. The highest BCUT2D eigenvalue weighted by Gasteiger charge is 2.51. The van der Waals surface area contributed by atoms with Crippen LogP contribution >= 0.6 is 0 Å². The molecule has 1 aliphatic heterocycles. The van der Waals surface area contributed by atoms with Gasteiger partial charge in [-0.05, 0) is 26.5 Å². The van der Waals surface area contributed by atoms with Crippen LogP contribution in [0.4, 0.5) is 0 Å². The van der Waals surface area contributed by atoms with Gasteiger partial charge in [0.15, 0.2) is 12.2 Å². The standard InChI is InChI=1S/C8H18O3Si.C4H4O5.C3H4O2/c1-5-9-12(8-4,10-6-2)11-7-3;5-3(6)1-2(9-1)4(7)8;1-2-3(4)5/h8H,4-7H2,1-3H3;1-2H,(H,5,6)(H,7,8);2H,1H2,(H,4,5). The number of carbonyl (C=O) groups is 3. The van der Waals surface area contributed by atoms with E-state index in [1.54, 1.807) is 5.70 Å². The van der Waals surface area contributed by atoms with Crippen molar-refractivity contribution in [3.8, 4) is 0 Å². The largest absolute Gasteiger partial charge is 0.528 e. The molecule has 150 valence electrons. The van der Waals surface area contributed by atoms with Gasteiger partial charge in [-0.15, -0.1) is 0 Å². The third kappa shape index (κ3) is 11.5. The van der Waals surface area contributed by atoms with Crippen LogP contribution in [-0.4, -0.2) is 74.1 Å². The van der Waals surface area contributed by atoms with Crippen molar-refractivity contribution < 1.29 is 47.7 Å². The van der Waals surface area contributed by atoms with E-state index in [1.807, 2.05) is 20.8 Å². The first-order valence-electron chi connectivity index (χ1n) is 7.66. The van der Waals surface area contributed by atoms with Crippen LogP contribution < -0.4 is 0 Å². The fourth-order valence-corrected chi connectivity index (χ4v) is 3.20. The van der Waals surface area contributed by atoms with E-state index in [-0.39, 0.29) is 0 Å². The number of rotatable bonds is 10. The minimum atomic E-state index is -2.51. The molecule has 26 heavy (non-hydrogen) atoms. The molecule has 0 aromatic carbocycles. The highest BCUT2D eigenvalue weighted by Crippen LogP contribution is 2.21. The maximum atomic E-state index is 9.89. The Morgan fingerprint density at radius 1 is 0.923 bits per heavy atom. The van der Waals surface area contributed by atoms with E-state index in [4.69, 9.17) is 28.6 Å². The first kappa shape index (κ1) is 26.2. The van der Waals surface area contributed by atoms with Crippen molar-refractivity contribution in [2.75, 3.05) is 19.8 Å². The second-order valence-electron chi connectivity index (χ2n) is 4.30. The average molecular weight is 394 g/mol. The molecule has 1 fully saturated rings. The van der Waals surface area contributed by atoms with Crippen LogP contribution in [0.1, 0.15) is 20.8 Å². The van der Waals surface area contributed by atoms with Crippen LogP contribution in [0.3, 0.4) is 0 Å². The summed E-state index contributed by atoms with van der Waals surface area (Å²) >= 11 is 0. The summed E-state index contributed by atoms with van der Waals surface area (Å²) in [6, 6.07) is 0. The fourth-order valence-electron chi connectivity index (χ4n) is 1.39. The Labute approximate surface area is 153 Å². The number of hydrogen-bond donors (Lipinski definition) is 3. The first-order valence-corrected chi connectivity index (χ1v) is 9.46. The summed E-state index contributed by atoms with van der Waals surface area (Å²) in [6.07, 6.45) is -1.41. The topological polar surface area (TPSA) is 152 Å². The van der Waals surface area contributed by atoms with Crippen LogP contribution in [-0.2, 0) is 32.4 Å². The monoisotopic (exact) mass is 394 g/mol. The van der Waals surface area contributed by atoms with Crippen LogP contribution in [0.25, 0.3) is 0 Å². The van der Waals surface area contributed by atoms with Gasteiger partial charge in [0.2, 0.25) is 0 Å². The Morgan fingerprint density at radius 2 is 1.23 bits per heavy atom. The molecular formula is C15H26O10Si.